The zero-order chi connectivity index (χ0) is 33.8. The van der Waals surface area contributed by atoms with E-state index in [1.807, 2.05) is 86.6 Å². The molecule has 0 aliphatic carbocycles. The molecule has 1 heterocycles. The van der Waals surface area contributed by atoms with Crippen LogP contribution >= 0.6 is 0 Å². The number of carboxylic acids is 1. The average molecular weight is 644 g/mol. The standard InChI is InChI=1S/C35H41N5O7/c1-22(2)15-28(31(41)18-32(42)43)38-34(45)30(17-26-19-36-21-37-26)39-33(44)29(40-35(46)47-20-23-9-4-3-5-10-23)16-25-13-8-12-24-11-6-7-14-27(24)25/h3-14,19,21-22,28-31,41H,15-18,20H2,1-2H3,(H,36,37)(H,38,45)(H,39,44)(H,40,46)(H,42,43)/t28-,29?,30?,31-/m0/s1. The number of aromatic nitrogens is 2. The van der Waals surface area contributed by atoms with Crippen LogP contribution in [0.15, 0.2) is 85.3 Å². The molecule has 12 nitrogen and oxygen atoms in total. The first-order chi connectivity index (χ1) is 22.6. The molecule has 0 aliphatic rings. The van der Waals surface area contributed by atoms with E-state index in [2.05, 4.69) is 25.9 Å². The number of benzene rings is 3. The number of H-pyrrole nitrogens is 1. The molecule has 3 amide bonds. The molecule has 0 spiro atoms. The van der Waals surface area contributed by atoms with Crippen molar-refractivity contribution in [3.05, 3.63) is 102 Å². The van der Waals surface area contributed by atoms with Crippen LogP contribution in [0.4, 0.5) is 4.79 Å². The number of ether oxygens (including phenoxy) is 1. The van der Waals surface area contributed by atoms with Crippen molar-refractivity contribution in [3.8, 4) is 0 Å². The zero-order valence-corrected chi connectivity index (χ0v) is 26.4. The number of carboxylic acid groups (broad SMARTS) is 1. The van der Waals surface area contributed by atoms with Gasteiger partial charge in [-0.3, -0.25) is 14.4 Å². The quantitative estimate of drug-likeness (QED) is 0.107. The fourth-order valence-electron chi connectivity index (χ4n) is 5.33. The van der Waals surface area contributed by atoms with E-state index in [1.165, 1.54) is 12.5 Å². The highest BCUT2D eigenvalue weighted by Gasteiger charge is 2.31. The van der Waals surface area contributed by atoms with Gasteiger partial charge in [0, 0.05) is 24.7 Å². The summed E-state index contributed by atoms with van der Waals surface area (Å²) in [7, 11) is 0. The lowest BCUT2D eigenvalue weighted by atomic mass is 9.96. The van der Waals surface area contributed by atoms with Gasteiger partial charge in [0.2, 0.25) is 11.8 Å². The number of amides is 3. The second-order valence-electron chi connectivity index (χ2n) is 11.9. The molecule has 0 radical (unpaired) electrons. The SMILES string of the molecule is CC(C)C[C@H](NC(=O)C(Cc1cnc[nH]1)NC(=O)C(Cc1cccc2ccccc12)NC(=O)OCc1ccccc1)[C@@H](O)CC(=O)O. The van der Waals surface area contributed by atoms with E-state index >= 15 is 0 Å². The molecule has 3 aromatic carbocycles. The molecule has 6 N–H and O–H groups in total. The van der Waals surface area contributed by atoms with Gasteiger partial charge < -0.3 is 35.9 Å². The van der Waals surface area contributed by atoms with Crippen molar-refractivity contribution in [2.24, 2.45) is 5.92 Å². The Labute approximate surface area is 272 Å². The van der Waals surface area contributed by atoms with Crippen molar-refractivity contribution in [2.75, 3.05) is 0 Å². The van der Waals surface area contributed by atoms with Gasteiger partial charge in [0.05, 0.1) is 24.9 Å². The molecule has 0 aliphatic heterocycles. The summed E-state index contributed by atoms with van der Waals surface area (Å²) in [5.41, 5.74) is 2.13. The first kappa shape index (κ1) is 34.6. The van der Waals surface area contributed by atoms with Gasteiger partial charge in [0.1, 0.15) is 18.7 Å². The summed E-state index contributed by atoms with van der Waals surface area (Å²) in [6, 6.07) is 19.3. The third-order valence-corrected chi connectivity index (χ3v) is 7.64. The lowest BCUT2D eigenvalue weighted by molar-refractivity contribution is -0.140. The molecular weight excluding hydrogens is 602 g/mol. The maximum Gasteiger partial charge on any atom is 0.408 e. The molecule has 4 atom stereocenters. The number of aliphatic hydroxyl groups is 1. The molecule has 248 valence electrons. The molecule has 4 rings (SSSR count). The Morgan fingerprint density at radius 2 is 1.53 bits per heavy atom. The highest BCUT2D eigenvalue weighted by atomic mass is 16.5. The smallest absolute Gasteiger partial charge is 0.408 e. The van der Waals surface area contributed by atoms with Crippen molar-refractivity contribution >= 4 is 34.6 Å². The predicted octanol–water partition coefficient (Wildman–Crippen LogP) is 3.49. The largest absolute Gasteiger partial charge is 0.481 e. The van der Waals surface area contributed by atoms with Gasteiger partial charge in [-0.1, -0.05) is 86.6 Å². The molecule has 1 aromatic heterocycles. The number of fused-ring (bicyclic) bond motifs is 1. The molecule has 12 heteroatoms. The molecule has 47 heavy (non-hydrogen) atoms. The van der Waals surface area contributed by atoms with Gasteiger partial charge in [-0.15, -0.1) is 0 Å². The fraction of sp³-hybridized carbons (Fsp3) is 0.343. The number of carbonyl (C=O) groups is 4. The van der Waals surface area contributed by atoms with Gasteiger partial charge in [0.25, 0.3) is 0 Å². The van der Waals surface area contributed by atoms with Crippen LogP contribution in [-0.2, 0) is 38.6 Å². The van der Waals surface area contributed by atoms with Crippen LogP contribution in [-0.4, -0.2) is 68.3 Å². The Kier molecular flexibility index (Phi) is 12.5. The summed E-state index contributed by atoms with van der Waals surface area (Å²) in [5, 5.41) is 29.9. The molecule has 0 fully saturated rings. The summed E-state index contributed by atoms with van der Waals surface area (Å²) in [4.78, 5) is 58.9. The Hall–Kier alpha value is -5.23. The fourth-order valence-corrected chi connectivity index (χ4v) is 5.33. The van der Waals surface area contributed by atoms with Crippen molar-refractivity contribution in [3.63, 3.8) is 0 Å². The monoisotopic (exact) mass is 643 g/mol. The number of alkyl carbamates (subject to hydrolysis) is 1. The van der Waals surface area contributed by atoms with E-state index in [4.69, 9.17) is 4.74 Å². The summed E-state index contributed by atoms with van der Waals surface area (Å²) in [5.74, 6) is -2.44. The molecular formula is C35H41N5O7. The third-order valence-electron chi connectivity index (χ3n) is 7.64. The summed E-state index contributed by atoms with van der Waals surface area (Å²) in [6.45, 7) is 3.77. The van der Waals surface area contributed by atoms with E-state index in [9.17, 15) is 29.4 Å². The lowest BCUT2D eigenvalue weighted by Crippen LogP contribution is -2.57. The van der Waals surface area contributed by atoms with Crippen LogP contribution < -0.4 is 16.0 Å². The van der Waals surface area contributed by atoms with E-state index in [0.29, 0.717) is 12.1 Å². The second-order valence-corrected chi connectivity index (χ2v) is 11.9. The van der Waals surface area contributed by atoms with Crippen molar-refractivity contribution in [1.29, 1.82) is 0 Å². The minimum atomic E-state index is -1.34. The van der Waals surface area contributed by atoms with Crippen LogP contribution in [0.1, 0.15) is 43.5 Å². The number of aromatic amines is 1. The highest BCUT2D eigenvalue weighted by molar-refractivity contribution is 5.93. The number of nitrogens with one attached hydrogen (secondary N) is 4. The molecule has 0 bridgehead atoms. The zero-order valence-electron chi connectivity index (χ0n) is 26.4. The molecule has 0 saturated carbocycles. The van der Waals surface area contributed by atoms with Crippen LogP contribution in [0.3, 0.4) is 0 Å². The third kappa shape index (κ3) is 10.7. The van der Waals surface area contributed by atoms with Crippen LogP contribution in [0.5, 0.6) is 0 Å². The second kappa shape index (κ2) is 16.9. The maximum atomic E-state index is 14.0. The summed E-state index contributed by atoms with van der Waals surface area (Å²) >= 11 is 0. The Morgan fingerprint density at radius 1 is 0.851 bits per heavy atom. The summed E-state index contributed by atoms with van der Waals surface area (Å²) in [6.07, 6.45) is 0.669. The normalized spacial score (nSPS) is 13.7. The van der Waals surface area contributed by atoms with Gasteiger partial charge in [-0.2, -0.15) is 0 Å². The minimum absolute atomic E-state index is 0.00392. The van der Waals surface area contributed by atoms with Gasteiger partial charge in [0.15, 0.2) is 0 Å². The topological polar surface area (TPSA) is 183 Å². The number of aliphatic carboxylic acids is 1. The van der Waals surface area contributed by atoms with Gasteiger partial charge in [-0.25, -0.2) is 9.78 Å². The first-order valence-electron chi connectivity index (χ1n) is 15.5. The van der Waals surface area contributed by atoms with E-state index in [1.54, 1.807) is 0 Å². The Morgan fingerprint density at radius 3 is 2.23 bits per heavy atom. The van der Waals surface area contributed by atoms with Crippen molar-refractivity contribution < 1.29 is 34.1 Å². The van der Waals surface area contributed by atoms with Gasteiger partial charge in [-0.05, 0) is 34.2 Å². The van der Waals surface area contributed by atoms with Crippen molar-refractivity contribution in [1.82, 2.24) is 25.9 Å². The molecule has 2 unspecified atom stereocenters. The van der Waals surface area contributed by atoms with E-state index in [-0.39, 0.29) is 25.4 Å². The van der Waals surface area contributed by atoms with Gasteiger partial charge >= 0.3 is 12.1 Å². The van der Waals surface area contributed by atoms with E-state index < -0.39 is 54.5 Å². The first-order valence-corrected chi connectivity index (χ1v) is 15.5. The van der Waals surface area contributed by atoms with Crippen LogP contribution in [0.25, 0.3) is 10.8 Å². The summed E-state index contributed by atoms with van der Waals surface area (Å²) < 4.78 is 5.42. The molecule has 0 saturated heterocycles. The maximum absolute atomic E-state index is 14.0. The average Bonchev–Trinajstić information content (AvgIpc) is 3.56. The number of hydrogen-bond acceptors (Lipinski definition) is 7. The predicted molar refractivity (Wildman–Crippen MR) is 175 cm³/mol. The van der Waals surface area contributed by atoms with Crippen LogP contribution in [0, 0.1) is 5.92 Å². The number of imidazole rings is 1. The van der Waals surface area contributed by atoms with Crippen molar-refractivity contribution in [2.45, 2.75) is 70.4 Å². The highest BCUT2D eigenvalue weighted by Crippen LogP contribution is 2.20. The lowest BCUT2D eigenvalue weighted by Gasteiger charge is -2.28. The Balaban J connectivity index is 1.58. The number of aliphatic hydroxyl groups excluding tert-OH is 1. The minimum Gasteiger partial charge on any atom is -0.481 e. The Bertz CT molecular complexity index is 1620. The number of carbonyl (C=O) groups excluding carboxylic acids is 3. The number of hydrogen-bond donors (Lipinski definition) is 6. The number of nitrogens with zero attached hydrogens (tertiary/aromatic N) is 1. The molecule has 4 aromatic rings. The van der Waals surface area contributed by atoms with Crippen LogP contribution in [0.2, 0.25) is 0 Å². The number of rotatable bonds is 16. The van der Waals surface area contributed by atoms with E-state index in [0.717, 1.165) is 21.9 Å².